The van der Waals surface area contributed by atoms with Crippen molar-refractivity contribution in [3.8, 4) is 0 Å². The molecule has 1 aliphatic heterocycles. The van der Waals surface area contributed by atoms with Crippen molar-refractivity contribution in [1.82, 2.24) is 15.5 Å². The Kier molecular flexibility index (Phi) is 4.63. The second-order valence-electron chi connectivity index (χ2n) is 7.55. The number of rotatable bonds is 4. The van der Waals surface area contributed by atoms with Gasteiger partial charge in [0.2, 0.25) is 5.91 Å². The molecule has 1 heterocycles. The highest BCUT2D eigenvalue weighted by molar-refractivity contribution is 6.09. The normalized spacial score (nSPS) is 22.0. The van der Waals surface area contributed by atoms with Gasteiger partial charge >= 0.3 is 6.03 Å². The van der Waals surface area contributed by atoms with Crippen molar-refractivity contribution in [3.05, 3.63) is 71.3 Å². The summed E-state index contributed by atoms with van der Waals surface area (Å²) in [4.78, 5) is 39.0. The molecule has 28 heavy (non-hydrogen) atoms. The van der Waals surface area contributed by atoms with Gasteiger partial charge in [-0.2, -0.15) is 0 Å². The lowest BCUT2D eigenvalue weighted by molar-refractivity contribution is -0.135. The van der Waals surface area contributed by atoms with Crippen LogP contribution in [0.4, 0.5) is 4.79 Å². The lowest BCUT2D eigenvalue weighted by atomic mass is 9.78. The van der Waals surface area contributed by atoms with E-state index in [9.17, 15) is 14.4 Å². The molecule has 0 radical (unpaired) electrons. The first kappa shape index (κ1) is 18.2. The molecule has 2 aliphatic rings. The highest BCUT2D eigenvalue weighted by atomic mass is 16.2. The van der Waals surface area contributed by atoms with E-state index in [4.69, 9.17) is 0 Å². The molecular formula is C22H23N3O3. The smallest absolute Gasteiger partial charge is 0.325 e. The number of hydrogen-bond acceptors (Lipinski definition) is 3. The second-order valence-corrected chi connectivity index (χ2v) is 7.55. The van der Waals surface area contributed by atoms with E-state index in [-0.39, 0.29) is 24.4 Å². The fourth-order valence-corrected chi connectivity index (χ4v) is 4.10. The predicted molar refractivity (Wildman–Crippen MR) is 104 cm³/mol. The van der Waals surface area contributed by atoms with Gasteiger partial charge < -0.3 is 10.6 Å². The lowest BCUT2D eigenvalue weighted by Crippen LogP contribution is -2.51. The summed E-state index contributed by atoms with van der Waals surface area (Å²) < 4.78 is 0. The number of hydrogen-bond donors (Lipinski definition) is 2. The summed E-state index contributed by atoms with van der Waals surface area (Å²) >= 11 is 0. The molecule has 144 valence electrons. The SMILES string of the molecule is CC(NC(=O)CN1C(=O)NC2(CCc3ccccc3C2)C1=O)c1ccccc1. The first-order valence-electron chi connectivity index (χ1n) is 9.54. The zero-order chi connectivity index (χ0) is 19.7. The minimum atomic E-state index is -0.934. The number of aryl methyl sites for hydroxylation is 1. The van der Waals surface area contributed by atoms with Crippen LogP contribution in [-0.2, 0) is 22.4 Å². The van der Waals surface area contributed by atoms with E-state index in [1.807, 2.05) is 55.5 Å². The number of imide groups is 1. The monoisotopic (exact) mass is 377 g/mol. The van der Waals surface area contributed by atoms with E-state index < -0.39 is 11.6 Å². The quantitative estimate of drug-likeness (QED) is 0.803. The molecule has 4 rings (SSSR count). The molecule has 6 nitrogen and oxygen atoms in total. The van der Waals surface area contributed by atoms with Crippen LogP contribution in [0.5, 0.6) is 0 Å². The van der Waals surface area contributed by atoms with Crippen LogP contribution in [-0.4, -0.2) is 34.8 Å². The minimum absolute atomic E-state index is 0.204. The summed E-state index contributed by atoms with van der Waals surface area (Å²) in [6.07, 6.45) is 1.74. The van der Waals surface area contributed by atoms with Gasteiger partial charge in [0.15, 0.2) is 0 Å². The number of carbonyl (C=O) groups excluding carboxylic acids is 3. The number of nitrogens with zero attached hydrogens (tertiary/aromatic N) is 1. The van der Waals surface area contributed by atoms with Crippen molar-refractivity contribution in [1.29, 1.82) is 0 Å². The molecule has 0 bridgehead atoms. The van der Waals surface area contributed by atoms with Gasteiger partial charge in [-0.1, -0.05) is 54.6 Å². The van der Waals surface area contributed by atoms with Crippen LogP contribution in [0.25, 0.3) is 0 Å². The molecule has 1 fully saturated rings. The molecule has 2 aromatic carbocycles. The number of amides is 4. The number of urea groups is 1. The largest absolute Gasteiger partial charge is 0.348 e. The van der Waals surface area contributed by atoms with Crippen LogP contribution in [0.3, 0.4) is 0 Å². The van der Waals surface area contributed by atoms with Crippen molar-refractivity contribution in [2.75, 3.05) is 6.54 Å². The van der Waals surface area contributed by atoms with E-state index >= 15 is 0 Å². The lowest BCUT2D eigenvalue weighted by Gasteiger charge is -2.32. The second kappa shape index (κ2) is 7.11. The number of fused-ring (bicyclic) bond motifs is 1. The van der Waals surface area contributed by atoms with E-state index in [1.54, 1.807) is 0 Å². The fourth-order valence-electron chi connectivity index (χ4n) is 4.10. The molecule has 1 spiro atoms. The Morgan fingerprint density at radius 1 is 1.11 bits per heavy atom. The fraction of sp³-hybridized carbons (Fsp3) is 0.318. The summed E-state index contributed by atoms with van der Waals surface area (Å²) in [5.41, 5.74) is 2.32. The van der Waals surface area contributed by atoms with Crippen LogP contribution < -0.4 is 10.6 Å². The Morgan fingerprint density at radius 3 is 2.54 bits per heavy atom. The molecule has 2 aromatic rings. The van der Waals surface area contributed by atoms with Crippen LogP contribution in [0, 0.1) is 0 Å². The maximum atomic E-state index is 13.1. The molecule has 2 atom stereocenters. The first-order chi connectivity index (χ1) is 13.5. The van der Waals surface area contributed by atoms with E-state index in [0.717, 1.165) is 22.4 Å². The third kappa shape index (κ3) is 3.26. The number of carbonyl (C=O) groups is 3. The van der Waals surface area contributed by atoms with Crippen molar-refractivity contribution < 1.29 is 14.4 Å². The topological polar surface area (TPSA) is 78.5 Å². The molecular weight excluding hydrogens is 354 g/mol. The van der Waals surface area contributed by atoms with Crippen molar-refractivity contribution >= 4 is 17.8 Å². The zero-order valence-electron chi connectivity index (χ0n) is 15.8. The Morgan fingerprint density at radius 2 is 1.79 bits per heavy atom. The van der Waals surface area contributed by atoms with Crippen LogP contribution in [0.1, 0.15) is 36.1 Å². The van der Waals surface area contributed by atoms with Gasteiger partial charge in [0, 0.05) is 6.42 Å². The molecule has 1 saturated heterocycles. The molecule has 1 aliphatic carbocycles. The number of nitrogens with one attached hydrogen (secondary N) is 2. The molecule has 2 N–H and O–H groups in total. The molecule has 0 saturated carbocycles. The maximum Gasteiger partial charge on any atom is 0.325 e. The van der Waals surface area contributed by atoms with E-state index in [2.05, 4.69) is 16.7 Å². The minimum Gasteiger partial charge on any atom is -0.348 e. The Labute approximate surface area is 163 Å². The maximum absolute atomic E-state index is 13.1. The summed E-state index contributed by atoms with van der Waals surface area (Å²) in [6, 6.07) is 16.8. The van der Waals surface area contributed by atoms with Gasteiger partial charge in [-0.05, 0) is 36.5 Å². The van der Waals surface area contributed by atoms with Gasteiger partial charge in [-0.25, -0.2) is 4.79 Å². The average molecular weight is 377 g/mol. The molecule has 4 amide bonds. The molecule has 0 aromatic heterocycles. The van der Waals surface area contributed by atoms with Crippen LogP contribution in [0.15, 0.2) is 54.6 Å². The summed E-state index contributed by atoms with van der Waals surface area (Å²) in [7, 11) is 0. The van der Waals surface area contributed by atoms with Crippen molar-refractivity contribution in [3.63, 3.8) is 0 Å². The first-order valence-corrected chi connectivity index (χ1v) is 9.54. The Bertz CT molecular complexity index is 928. The summed E-state index contributed by atoms with van der Waals surface area (Å²) in [5.74, 6) is -0.664. The standard InChI is InChI=1S/C22H23N3O3/c1-15(16-7-3-2-4-8-16)23-19(26)14-25-20(27)22(24-21(25)28)12-11-17-9-5-6-10-18(17)13-22/h2-10,15H,11-14H2,1H3,(H,23,26)(H,24,28). The average Bonchev–Trinajstić information content (AvgIpc) is 2.92. The van der Waals surface area contributed by atoms with Gasteiger partial charge in [0.25, 0.3) is 5.91 Å². The van der Waals surface area contributed by atoms with E-state index in [1.165, 1.54) is 5.56 Å². The van der Waals surface area contributed by atoms with Crippen LogP contribution >= 0.6 is 0 Å². The highest BCUT2D eigenvalue weighted by Crippen LogP contribution is 2.33. The van der Waals surface area contributed by atoms with Crippen molar-refractivity contribution in [2.24, 2.45) is 0 Å². The molecule has 6 heteroatoms. The van der Waals surface area contributed by atoms with Crippen LogP contribution in [0.2, 0.25) is 0 Å². The molecule has 2 unspecified atom stereocenters. The Balaban J connectivity index is 1.44. The van der Waals surface area contributed by atoms with Gasteiger partial charge in [0.05, 0.1) is 6.04 Å². The predicted octanol–water partition coefficient (Wildman–Crippen LogP) is 2.34. The zero-order valence-corrected chi connectivity index (χ0v) is 15.8. The number of benzene rings is 2. The highest BCUT2D eigenvalue weighted by Gasteiger charge is 2.52. The third-order valence-electron chi connectivity index (χ3n) is 5.66. The van der Waals surface area contributed by atoms with Crippen molar-refractivity contribution in [2.45, 2.75) is 37.8 Å². The van der Waals surface area contributed by atoms with Gasteiger partial charge in [-0.3, -0.25) is 14.5 Å². The van der Waals surface area contributed by atoms with E-state index in [0.29, 0.717) is 12.8 Å². The van der Waals surface area contributed by atoms with Gasteiger partial charge in [-0.15, -0.1) is 0 Å². The Hall–Kier alpha value is -3.15. The summed E-state index contributed by atoms with van der Waals surface area (Å²) in [5, 5.41) is 5.72. The van der Waals surface area contributed by atoms with Gasteiger partial charge in [0.1, 0.15) is 12.1 Å². The summed E-state index contributed by atoms with van der Waals surface area (Å²) in [6.45, 7) is 1.60. The third-order valence-corrected chi connectivity index (χ3v) is 5.66.